The van der Waals surface area contributed by atoms with Gasteiger partial charge in [0.05, 0.1) is 24.4 Å². The standard InChI is InChI=1S/C10H12BrFO2/c11-9-4-1-3-8(7-13)10(9)14-6-2-5-12/h1,3-4,13H,2,5-7H2. The average molecular weight is 263 g/mol. The summed E-state index contributed by atoms with van der Waals surface area (Å²) in [5.74, 6) is 0.600. The molecule has 0 aliphatic rings. The highest BCUT2D eigenvalue weighted by molar-refractivity contribution is 9.10. The first-order chi connectivity index (χ1) is 6.79. The summed E-state index contributed by atoms with van der Waals surface area (Å²) >= 11 is 3.31. The smallest absolute Gasteiger partial charge is 0.138 e. The maximum Gasteiger partial charge on any atom is 0.138 e. The summed E-state index contributed by atoms with van der Waals surface area (Å²) in [4.78, 5) is 0. The highest BCUT2D eigenvalue weighted by Crippen LogP contribution is 2.29. The van der Waals surface area contributed by atoms with Crippen LogP contribution in [0.3, 0.4) is 0 Å². The molecule has 0 aromatic heterocycles. The second-order valence-electron chi connectivity index (χ2n) is 2.78. The lowest BCUT2D eigenvalue weighted by Crippen LogP contribution is -2.01. The van der Waals surface area contributed by atoms with Crippen molar-refractivity contribution >= 4 is 15.9 Å². The molecule has 0 aliphatic carbocycles. The number of hydrogen-bond acceptors (Lipinski definition) is 2. The molecular weight excluding hydrogens is 251 g/mol. The minimum Gasteiger partial charge on any atom is -0.492 e. The van der Waals surface area contributed by atoms with Crippen molar-refractivity contribution in [3.8, 4) is 5.75 Å². The van der Waals surface area contributed by atoms with E-state index in [9.17, 15) is 4.39 Å². The fourth-order valence-electron chi connectivity index (χ4n) is 1.07. The normalized spacial score (nSPS) is 10.2. The average Bonchev–Trinajstić information content (AvgIpc) is 2.20. The fraction of sp³-hybridized carbons (Fsp3) is 0.400. The van der Waals surface area contributed by atoms with Crippen molar-refractivity contribution in [2.24, 2.45) is 0 Å². The van der Waals surface area contributed by atoms with E-state index < -0.39 is 0 Å². The summed E-state index contributed by atoms with van der Waals surface area (Å²) in [7, 11) is 0. The Labute approximate surface area is 90.8 Å². The van der Waals surface area contributed by atoms with E-state index in [1.165, 1.54) is 0 Å². The molecule has 0 radical (unpaired) electrons. The van der Waals surface area contributed by atoms with E-state index in [2.05, 4.69) is 15.9 Å². The predicted octanol–water partition coefficient (Wildman–Crippen LogP) is 2.68. The highest BCUT2D eigenvalue weighted by Gasteiger charge is 2.06. The van der Waals surface area contributed by atoms with Gasteiger partial charge in [-0.3, -0.25) is 4.39 Å². The third-order valence-corrected chi connectivity index (χ3v) is 2.37. The van der Waals surface area contributed by atoms with Gasteiger partial charge in [0.2, 0.25) is 0 Å². The lowest BCUT2D eigenvalue weighted by atomic mass is 10.2. The van der Waals surface area contributed by atoms with Gasteiger partial charge in [0.15, 0.2) is 0 Å². The number of aliphatic hydroxyl groups is 1. The molecular formula is C10H12BrFO2. The molecule has 0 aliphatic heterocycles. The molecule has 4 heteroatoms. The van der Waals surface area contributed by atoms with Crippen LogP contribution < -0.4 is 4.74 Å². The number of aliphatic hydroxyl groups excluding tert-OH is 1. The van der Waals surface area contributed by atoms with Gasteiger partial charge in [-0.2, -0.15) is 0 Å². The molecule has 0 unspecified atom stereocenters. The van der Waals surface area contributed by atoms with E-state index >= 15 is 0 Å². The van der Waals surface area contributed by atoms with Crippen molar-refractivity contribution < 1.29 is 14.2 Å². The maximum absolute atomic E-state index is 11.8. The quantitative estimate of drug-likeness (QED) is 0.827. The van der Waals surface area contributed by atoms with Crippen LogP contribution in [0.1, 0.15) is 12.0 Å². The van der Waals surface area contributed by atoms with Crippen molar-refractivity contribution in [3.63, 3.8) is 0 Å². The molecule has 0 saturated carbocycles. The summed E-state index contributed by atoms with van der Waals surface area (Å²) in [6.45, 7) is -0.143. The molecule has 14 heavy (non-hydrogen) atoms. The van der Waals surface area contributed by atoms with E-state index in [0.29, 0.717) is 24.3 Å². The summed E-state index contributed by atoms with van der Waals surface area (Å²) in [6.07, 6.45) is 0.367. The number of hydrogen-bond donors (Lipinski definition) is 1. The lowest BCUT2D eigenvalue weighted by Gasteiger charge is -2.10. The lowest BCUT2D eigenvalue weighted by molar-refractivity contribution is 0.255. The number of para-hydroxylation sites is 1. The Balaban J connectivity index is 2.72. The van der Waals surface area contributed by atoms with Crippen LogP contribution in [0.4, 0.5) is 4.39 Å². The summed E-state index contributed by atoms with van der Waals surface area (Å²) < 4.78 is 18.0. The molecule has 0 bridgehead atoms. The second kappa shape index (κ2) is 5.98. The topological polar surface area (TPSA) is 29.5 Å². The third-order valence-electron chi connectivity index (χ3n) is 1.74. The highest BCUT2D eigenvalue weighted by atomic mass is 79.9. The molecule has 0 heterocycles. The van der Waals surface area contributed by atoms with Crippen molar-refractivity contribution in [3.05, 3.63) is 28.2 Å². The van der Waals surface area contributed by atoms with E-state index in [0.717, 1.165) is 4.47 Å². The number of benzene rings is 1. The third kappa shape index (κ3) is 2.96. The van der Waals surface area contributed by atoms with Crippen LogP contribution in [-0.4, -0.2) is 18.4 Å². The molecule has 0 fully saturated rings. The Hall–Kier alpha value is -0.610. The number of ether oxygens (including phenoxy) is 1. The molecule has 0 atom stereocenters. The second-order valence-corrected chi connectivity index (χ2v) is 3.63. The molecule has 1 rings (SSSR count). The maximum atomic E-state index is 11.8. The first-order valence-corrected chi connectivity index (χ1v) is 5.16. The Morgan fingerprint density at radius 1 is 1.43 bits per heavy atom. The number of alkyl halides is 1. The zero-order valence-corrected chi connectivity index (χ0v) is 9.26. The van der Waals surface area contributed by atoms with E-state index in [-0.39, 0.29) is 13.3 Å². The van der Waals surface area contributed by atoms with Crippen LogP contribution in [-0.2, 0) is 6.61 Å². The van der Waals surface area contributed by atoms with Gasteiger partial charge in [-0.15, -0.1) is 0 Å². The largest absolute Gasteiger partial charge is 0.492 e. The molecule has 1 aromatic carbocycles. The first kappa shape index (κ1) is 11.5. The van der Waals surface area contributed by atoms with Gasteiger partial charge in [0.1, 0.15) is 5.75 Å². The molecule has 2 nitrogen and oxygen atoms in total. The van der Waals surface area contributed by atoms with E-state index in [1.54, 1.807) is 6.07 Å². The van der Waals surface area contributed by atoms with Crippen LogP contribution in [0.15, 0.2) is 22.7 Å². The molecule has 1 N–H and O–H groups in total. The van der Waals surface area contributed by atoms with Crippen molar-refractivity contribution in [2.75, 3.05) is 13.3 Å². The van der Waals surface area contributed by atoms with Crippen molar-refractivity contribution in [1.82, 2.24) is 0 Å². The van der Waals surface area contributed by atoms with Crippen LogP contribution in [0.25, 0.3) is 0 Å². The molecule has 0 spiro atoms. The Morgan fingerprint density at radius 3 is 2.86 bits per heavy atom. The van der Waals surface area contributed by atoms with Gasteiger partial charge in [-0.05, 0) is 22.0 Å². The Morgan fingerprint density at radius 2 is 2.21 bits per heavy atom. The van der Waals surface area contributed by atoms with Gasteiger partial charge >= 0.3 is 0 Å². The SMILES string of the molecule is OCc1cccc(Br)c1OCCCF. The summed E-state index contributed by atoms with van der Waals surface area (Å²) in [5.41, 5.74) is 0.707. The first-order valence-electron chi connectivity index (χ1n) is 4.36. The predicted molar refractivity (Wildman–Crippen MR) is 56.2 cm³/mol. The van der Waals surface area contributed by atoms with Gasteiger partial charge in [-0.1, -0.05) is 12.1 Å². The van der Waals surface area contributed by atoms with Gasteiger partial charge in [0, 0.05) is 12.0 Å². The van der Waals surface area contributed by atoms with Crippen LogP contribution in [0, 0.1) is 0 Å². The molecule has 78 valence electrons. The van der Waals surface area contributed by atoms with Gasteiger partial charge in [0.25, 0.3) is 0 Å². The van der Waals surface area contributed by atoms with Crippen LogP contribution in [0.2, 0.25) is 0 Å². The minimum atomic E-state index is -0.390. The Bertz CT molecular complexity index is 291. The number of rotatable bonds is 5. The van der Waals surface area contributed by atoms with Crippen molar-refractivity contribution in [1.29, 1.82) is 0 Å². The van der Waals surface area contributed by atoms with E-state index in [4.69, 9.17) is 9.84 Å². The molecule has 1 aromatic rings. The summed E-state index contributed by atoms with van der Waals surface area (Å²) in [6, 6.07) is 5.41. The van der Waals surface area contributed by atoms with Crippen molar-refractivity contribution in [2.45, 2.75) is 13.0 Å². The summed E-state index contributed by atoms with van der Waals surface area (Å²) in [5, 5.41) is 9.02. The zero-order chi connectivity index (χ0) is 10.4. The van der Waals surface area contributed by atoms with Crippen LogP contribution in [0.5, 0.6) is 5.75 Å². The van der Waals surface area contributed by atoms with Gasteiger partial charge < -0.3 is 9.84 Å². The van der Waals surface area contributed by atoms with Gasteiger partial charge in [-0.25, -0.2) is 0 Å². The van der Waals surface area contributed by atoms with E-state index in [1.807, 2.05) is 12.1 Å². The molecule has 0 saturated heterocycles. The monoisotopic (exact) mass is 262 g/mol. The minimum absolute atomic E-state index is 0.0790. The molecule has 0 amide bonds. The Kier molecular flexibility index (Phi) is 4.90. The van der Waals surface area contributed by atoms with Crippen LogP contribution >= 0.6 is 15.9 Å². The zero-order valence-electron chi connectivity index (χ0n) is 7.67. The fourth-order valence-corrected chi connectivity index (χ4v) is 1.59. The number of halogens is 2.